The number of hydrogen-bond donors (Lipinski definition) is 4. The third-order valence-electron chi connectivity index (χ3n) is 1.50. The van der Waals surface area contributed by atoms with E-state index in [1.165, 1.54) is 0 Å². The van der Waals surface area contributed by atoms with Crippen LogP contribution in [0.15, 0.2) is 35.1 Å². The molecule has 1 aromatic rings. The summed E-state index contributed by atoms with van der Waals surface area (Å²) in [5.74, 6) is 0. The van der Waals surface area contributed by atoms with E-state index < -0.39 is 15.6 Å². The van der Waals surface area contributed by atoms with E-state index in [1.807, 2.05) is 0 Å². The Kier molecular flexibility index (Phi) is 4.41. The van der Waals surface area contributed by atoms with Crippen molar-refractivity contribution in [3.63, 3.8) is 0 Å². The molecule has 4 N–H and O–H groups in total. The Morgan fingerprint density at radius 3 is 2.19 bits per heavy atom. The van der Waals surface area contributed by atoms with Crippen molar-refractivity contribution in [1.82, 2.24) is 0 Å². The predicted molar refractivity (Wildman–Crippen MR) is 57.1 cm³/mol. The van der Waals surface area contributed by atoms with Crippen LogP contribution in [-0.4, -0.2) is 19.6 Å². The molecule has 9 heteroatoms. The van der Waals surface area contributed by atoms with Gasteiger partial charge in [0, 0.05) is 0 Å². The number of phosphoric acid groups is 1. The van der Waals surface area contributed by atoms with Gasteiger partial charge in [0.1, 0.15) is 0 Å². The van der Waals surface area contributed by atoms with Crippen LogP contribution < -0.4 is 0 Å². The van der Waals surface area contributed by atoms with Crippen LogP contribution in [0, 0.1) is 0 Å². The Morgan fingerprint density at radius 1 is 1.12 bits per heavy atom. The van der Waals surface area contributed by atoms with Gasteiger partial charge in [-0.05, 0) is 5.56 Å². The van der Waals surface area contributed by atoms with Crippen LogP contribution in [0.1, 0.15) is 5.56 Å². The van der Waals surface area contributed by atoms with Crippen molar-refractivity contribution in [3.05, 3.63) is 35.9 Å². The van der Waals surface area contributed by atoms with Crippen LogP contribution in [0.3, 0.4) is 0 Å². The monoisotopic (exact) mass is 267 g/mol. The van der Waals surface area contributed by atoms with Crippen LogP contribution in [0.2, 0.25) is 0 Å². The van der Waals surface area contributed by atoms with E-state index in [4.69, 9.17) is 19.6 Å². The summed E-state index contributed by atoms with van der Waals surface area (Å²) in [6.07, 6.45) is 0. The molecule has 0 aromatic heterocycles. The first-order valence-electron chi connectivity index (χ1n) is 4.13. The Balaban J connectivity index is 2.73. The zero-order valence-corrected chi connectivity index (χ0v) is 9.83. The Labute approximate surface area is 91.9 Å². The highest BCUT2D eigenvalue weighted by Crippen LogP contribution is 2.56. The number of rotatable bonds is 4. The molecule has 0 aliphatic rings. The molecule has 0 saturated heterocycles. The summed E-state index contributed by atoms with van der Waals surface area (Å²) in [5, 5.41) is 0. The van der Waals surface area contributed by atoms with E-state index in [9.17, 15) is 4.57 Å². The lowest BCUT2D eigenvalue weighted by molar-refractivity contribution is 0.253. The number of nitrogens with zero attached hydrogens (tertiary/aromatic N) is 1. The fraction of sp³-hybridized carbons (Fsp3) is 0.143. The first-order valence-corrected chi connectivity index (χ1v) is 7.22. The van der Waals surface area contributed by atoms with Crippen molar-refractivity contribution in [1.29, 1.82) is 0 Å². The van der Waals surface area contributed by atoms with Gasteiger partial charge in [-0.2, -0.15) is 0 Å². The van der Waals surface area contributed by atoms with Crippen LogP contribution >= 0.6 is 15.6 Å². The van der Waals surface area contributed by atoms with E-state index in [0.29, 0.717) is 5.56 Å². The number of hydrogen-bond acceptors (Lipinski definition) is 3. The highest BCUT2D eigenvalue weighted by atomic mass is 31.3. The van der Waals surface area contributed by atoms with E-state index in [2.05, 4.69) is 9.06 Å². The van der Waals surface area contributed by atoms with E-state index in [-0.39, 0.29) is 6.54 Å². The molecule has 0 aliphatic heterocycles. The van der Waals surface area contributed by atoms with Gasteiger partial charge in [-0.3, -0.25) is 0 Å². The maximum absolute atomic E-state index is 10.4. The summed E-state index contributed by atoms with van der Waals surface area (Å²) in [5.41, 5.74) is 0.671. The third-order valence-corrected chi connectivity index (χ3v) is 3.73. The maximum Gasteiger partial charge on any atom is 0.477 e. The lowest BCUT2D eigenvalue weighted by Gasteiger charge is -2.11. The van der Waals surface area contributed by atoms with Gasteiger partial charge in [0.05, 0.1) is 6.54 Å². The van der Waals surface area contributed by atoms with Gasteiger partial charge >= 0.3 is 15.6 Å². The van der Waals surface area contributed by atoms with Gasteiger partial charge in [-0.25, -0.2) is 13.6 Å². The predicted octanol–water partition coefficient (Wildman–Crippen LogP) is 1.23. The Bertz CT molecular complexity index is 435. The molecule has 1 rings (SSSR count). The summed E-state index contributed by atoms with van der Waals surface area (Å²) in [6.45, 7) is -0.0956. The minimum atomic E-state index is -4.95. The molecule has 0 atom stereocenters. The lowest BCUT2D eigenvalue weighted by Crippen LogP contribution is -1.88. The zero-order valence-electron chi connectivity index (χ0n) is 8.04. The average molecular weight is 267 g/mol. The quantitative estimate of drug-likeness (QED) is 0.609. The fourth-order valence-electron chi connectivity index (χ4n) is 0.926. The molecule has 0 spiro atoms. The SMILES string of the molecule is O=P(O)(O)OP(O)(O)=NCc1ccccc1. The largest absolute Gasteiger partial charge is 0.477 e. The Hall–Kier alpha value is -0.520. The van der Waals surface area contributed by atoms with Gasteiger partial charge < -0.3 is 19.6 Å². The van der Waals surface area contributed by atoms with E-state index >= 15 is 0 Å². The highest BCUT2D eigenvalue weighted by Gasteiger charge is 2.26. The van der Waals surface area contributed by atoms with Crippen molar-refractivity contribution in [2.24, 2.45) is 4.74 Å². The van der Waals surface area contributed by atoms with Gasteiger partial charge in [-0.15, -0.1) is 0 Å². The molecule has 0 aliphatic carbocycles. The standard InChI is InChI=1S/C7H11NO6P2/c9-15(10,14-16(11,12)13)8-6-7-4-2-1-3-5-7/h1-5,9-10H,6H2,(H2,11,12,13). The second-order valence-electron chi connectivity index (χ2n) is 2.87. The van der Waals surface area contributed by atoms with Gasteiger partial charge in [0.2, 0.25) is 0 Å². The van der Waals surface area contributed by atoms with Crippen LogP contribution in [0.4, 0.5) is 0 Å². The van der Waals surface area contributed by atoms with Crippen molar-refractivity contribution in [2.45, 2.75) is 6.54 Å². The van der Waals surface area contributed by atoms with Crippen molar-refractivity contribution >= 4 is 15.6 Å². The van der Waals surface area contributed by atoms with E-state index in [0.717, 1.165) is 0 Å². The van der Waals surface area contributed by atoms with Crippen molar-refractivity contribution in [3.8, 4) is 0 Å². The lowest BCUT2D eigenvalue weighted by atomic mass is 10.2. The summed E-state index contributed by atoms with van der Waals surface area (Å²) in [6, 6.07) is 8.59. The van der Waals surface area contributed by atoms with Gasteiger partial charge in [-0.1, -0.05) is 30.3 Å². The van der Waals surface area contributed by atoms with Crippen molar-refractivity contribution in [2.75, 3.05) is 0 Å². The molecule has 90 valence electrons. The molecule has 16 heavy (non-hydrogen) atoms. The summed E-state index contributed by atoms with van der Waals surface area (Å²) in [7, 11) is -9.32. The molecule has 7 nitrogen and oxygen atoms in total. The van der Waals surface area contributed by atoms with Crippen molar-refractivity contribution < 1.29 is 28.4 Å². The van der Waals surface area contributed by atoms with E-state index in [1.54, 1.807) is 30.3 Å². The second-order valence-corrected chi connectivity index (χ2v) is 5.81. The minimum Gasteiger partial charge on any atom is -0.318 e. The molecule has 0 saturated carbocycles. The molecule has 0 heterocycles. The summed E-state index contributed by atoms with van der Waals surface area (Å²) < 4.78 is 17.5. The van der Waals surface area contributed by atoms with Crippen LogP contribution in [-0.2, 0) is 15.4 Å². The van der Waals surface area contributed by atoms with Crippen LogP contribution in [0.25, 0.3) is 0 Å². The minimum absolute atomic E-state index is 0.0956. The van der Waals surface area contributed by atoms with Gasteiger partial charge in [0.15, 0.2) is 0 Å². The zero-order chi connectivity index (χ0) is 12.2. The third kappa shape index (κ3) is 5.53. The second kappa shape index (κ2) is 5.21. The highest BCUT2D eigenvalue weighted by molar-refractivity contribution is 7.61. The molecule has 0 radical (unpaired) electrons. The molecule has 0 amide bonds. The molecule has 0 fully saturated rings. The molecule has 0 bridgehead atoms. The normalized spacial score (nSPS) is 12.5. The fourth-order valence-corrected chi connectivity index (χ4v) is 2.62. The Morgan fingerprint density at radius 2 is 1.69 bits per heavy atom. The molecular weight excluding hydrogens is 256 g/mol. The molecular formula is C7H11NO6P2. The molecule has 1 aromatic carbocycles. The first-order chi connectivity index (χ1) is 7.29. The first kappa shape index (κ1) is 13.5. The number of benzene rings is 1. The topological polar surface area (TPSA) is 120 Å². The van der Waals surface area contributed by atoms with Crippen LogP contribution in [0.5, 0.6) is 0 Å². The maximum atomic E-state index is 10.4. The van der Waals surface area contributed by atoms with Gasteiger partial charge in [0.25, 0.3) is 0 Å². The smallest absolute Gasteiger partial charge is 0.318 e. The molecule has 0 unspecified atom stereocenters. The summed E-state index contributed by atoms with van der Waals surface area (Å²) >= 11 is 0. The summed E-state index contributed by atoms with van der Waals surface area (Å²) in [4.78, 5) is 35.0. The average Bonchev–Trinajstić information content (AvgIpc) is 2.13.